The fraction of sp³-hybridized carbons (Fsp3) is 0.200. The molecule has 0 aromatic heterocycles. The summed E-state index contributed by atoms with van der Waals surface area (Å²) in [6, 6.07) is -4.96. The van der Waals surface area contributed by atoms with Gasteiger partial charge < -0.3 is 16.6 Å². The molecule has 5 N–H and O–H groups in total. The molecule has 16 heavy (non-hydrogen) atoms. The van der Waals surface area contributed by atoms with Crippen LogP contribution in [-0.2, 0) is 4.79 Å². The molecule has 5 nitrogen and oxygen atoms in total. The van der Waals surface area contributed by atoms with Gasteiger partial charge in [-0.3, -0.25) is 9.59 Å². The Morgan fingerprint density at radius 1 is 1.69 bits per heavy atom. The summed E-state index contributed by atoms with van der Waals surface area (Å²) >= 11 is 5.60. The van der Waals surface area contributed by atoms with Crippen LogP contribution in [0.4, 0.5) is 5.69 Å². The van der Waals surface area contributed by atoms with Gasteiger partial charge in [-0.2, -0.15) is 0 Å². The van der Waals surface area contributed by atoms with E-state index in [2.05, 4.69) is 0 Å². The van der Waals surface area contributed by atoms with E-state index in [0.29, 0.717) is 0 Å². The van der Waals surface area contributed by atoms with E-state index in [0.717, 1.165) is 0 Å². The first-order chi connectivity index (χ1) is 9.44. The van der Waals surface area contributed by atoms with Crippen LogP contribution in [0.2, 0.25) is 5.02 Å². The number of halogens is 1. The van der Waals surface area contributed by atoms with Crippen LogP contribution in [0.15, 0.2) is 18.1 Å². The zero-order valence-electron chi connectivity index (χ0n) is 12.9. The molecule has 0 bridgehead atoms. The van der Waals surface area contributed by atoms with Crippen molar-refractivity contribution >= 4 is 29.0 Å². The topological polar surface area (TPSA) is 106 Å². The Morgan fingerprint density at radius 3 is 2.88 bits per heavy atom. The second kappa shape index (κ2) is 4.96. The molecule has 0 unspecified atom stereocenters. The lowest BCUT2D eigenvalue weighted by Gasteiger charge is -2.07. The third-order valence-electron chi connectivity index (χ3n) is 1.59. The molecule has 0 aliphatic heterocycles. The first-order valence-electron chi connectivity index (χ1n) is 6.55. The summed E-state index contributed by atoms with van der Waals surface area (Å²) in [5.41, 5.74) is 9.29. The van der Waals surface area contributed by atoms with E-state index in [9.17, 15) is 9.59 Å². The van der Waals surface area contributed by atoms with Gasteiger partial charge in [-0.05, 0) is 18.1 Å². The molecule has 1 rings (SSSR count). The summed E-state index contributed by atoms with van der Waals surface area (Å²) in [5, 5.41) is 8.30. The number of carbonyl (C=O) groups is 2. The number of carboxylic acids is 1. The average Bonchev–Trinajstić information content (AvgIpc) is 2.41. The van der Waals surface area contributed by atoms with Crippen LogP contribution in [0.25, 0.3) is 0 Å². The van der Waals surface area contributed by atoms with Crippen molar-refractivity contribution in [2.75, 3.05) is 5.73 Å². The molecular formula is C10H11ClN2O3. The number of carbonyl (C=O) groups excluding carboxylic acids is 1. The molecule has 0 radical (unpaired) electrons. The second-order valence-electron chi connectivity index (χ2n) is 2.75. The number of nitrogens with two attached hydrogens (primary N) is 2. The van der Waals surface area contributed by atoms with Crippen LogP contribution in [0, 0.1) is 0 Å². The molecule has 0 aliphatic carbocycles. The summed E-state index contributed by atoms with van der Waals surface area (Å²) < 4.78 is 37.4. The van der Waals surface area contributed by atoms with E-state index in [1.54, 1.807) is 0 Å². The summed E-state index contributed by atoms with van der Waals surface area (Å²) in [5.74, 6) is -3.25. The number of hydrogen-bond acceptors (Lipinski definition) is 4. The number of anilines is 1. The molecule has 0 aliphatic rings. The molecule has 0 saturated heterocycles. The summed E-state index contributed by atoms with van der Waals surface area (Å²) in [4.78, 5) is 22.9. The van der Waals surface area contributed by atoms with E-state index in [1.807, 2.05) is 0 Å². The standard InChI is InChI=1S/C10H11ClN2O3/c11-5-1-2-6(7(12)3-5)9(14)4-8(13)10(15)16/h1-3,8H,4,12-13H2,(H,15,16)/t8-/m1/s1/i1D,2D,3D,4D,8D/t4-,8+/m0. The van der Waals surface area contributed by atoms with Crippen molar-refractivity contribution in [3.8, 4) is 0 Å². The molecule has 0 heterocycles. The SMILES string of the molecule is [2H]c1c([2H])c(C(=O)[C@@H]([2H])[C@@]([2H])(N)C(=O)O)c(N)c([2H])c1Cl. The summed E-state index contributed by atoms with van der Waals surface area (Å²) in [6.07, 6.45) is -2.29. The minimum atomic E-state index is -2.96. The highest BCUT2D eigenvalue weighted by molar-refractivity contribution is 6.31. The Morgan fingerprint density at radius 2 is 2.31 bits per heavy atom. The van der Waals surface area contributed by atoms with Gasteiger partial charge in [0, 0.05) is 24.0 Å². The normalized spacial score (nSPS) is 20.5. The number of nitrogen functional groups attached to an aromatic ring is 1. The number of Topliss-reactive ketones (excluding diaryl/α,β-unsaturated/α-hetero) is 1. The van der Waals surface area contributed by atoms with E-state index in [4.69, 9.17) is 35.0 Å². The van der Waals surface area contributed by atoms with Crippen molar-refractivity contribution in [2.24, 2.45) is 5.73 Å². The summed E-state index contributed by atoms with van der Waals surface area (Å²) in [6.45, 7) is 0. The van der Waals surface area contributed by atoms with Gasteiger partial charge in [0.05, 0.1) is 5.48 Å². The molecule has 86 valence electrons. The molecule has 1 aromatic rings. The zero-order valence-corrected chi connectivity index (χ0v) is 8.63. The number of rotatable bonds is 4. The maximum atomic E-state index is 12.1. The predicted molar refractivity (Wildman–Crippen MR) is 60.4 cm³/mol. The Kier molecular flexibility index (Phi) is 2.13. The van der Waals surface area contributed by atoms with Gasteiger partial charge in [0.1, 0.15) is 6.02 Å². The maximum Gasteiger partial charge on any atom is 0.320 e. The molecule has 0 saturated carbocycles. The van der Waals surface area contributed by atoms with Crippen molar-refractivity contribution in [3.63, 3.8) is 0 Å². The van der Waals surface area contributed by atoms with E-state index in [1.165, 1.54) is 0 Å². The van der Waals surface area contributed by atoms with Gasteiger partial charge in [-0.1, -0.05) is 11.6 Å². The van der Waals surface area contributed by atoms with Crippen LogP contribution in [0.5, 0.6) is 0 Å². The largest absolute Gasteiger partial charge is 0.480 e. The van der Waals surface area contributed by atoms with E-state index >= 15 is 0 Å². The van der Waals surface area contributed by atoms with Gasteiger partial charge in [0.2, 0.25) is 0 Å². The Hall–Kier alpha value is -1.59. The average molecular weight is 248 g/mol. The smallest absolute Gasteiger partial charge is 0.320 e. The zero-order chi connectivity index (χ0) is 16.7. The molecule has 2 atom stereocenters. The highest BCUT2D eigenvalue weighted by atomic mass is 35.5. The highest BCUT2D eigenvalue weighted by Crippen LogP contribution is 2.19. The Labute approximate surface area is 104 Å². The van der Waals surface area contributed by atoms with Crippen molar-refractivity contribution in [1.29, 1.82) is 0 Å². The predicted octanol–water partition coefficient (Wildman–Crippen LogP) is 0.907. The number of carboxylic acid groups (broad SMARTS) is 1. The first kappa shape index (κ1) is 6.88. The van der Waals surface area contributed by atoms with Crippen molar-refractivity contribution in [1.82, 2.24) is 0 Å². The Bertz CT molecular complexity index is 609. The molecule has 0 spiro atoms. The number of benzene rings is 1. The van der Waals surface area contributed by atoms with Crippen LogP contribution < -0.4 is 11.5 Å². The van der Waals surface area contributed by atoms with Crippen LogP contribution >= 0.6 is 11.6 Å². The van der Waals surface area contributed by atoms with Crippen molar-refractivity contribution in [3.05, 3.63) is 28.7 Å². The lowest BCUT2D eigenvalue weighted by molar-refractivity contribution is -0.138. The number of ketones is 1. The van der Waals surface area contributed by atoms with E-state index < -0.39 is 58.6 Å². The fourth-order valence-corrected chi connectivity index (χ4v) is 1.02. The highest BCUT2D eigenvalue weighted by Gasteiger charge is 2.18. The fourth-order valence-electron chi connectivity index (χ4n) is 0.866. The quantitative estimate of drug-likeness (QED) is 0.542. The molecule has 1 aromatic carbocycles. The van der Waals surface area contributed by atoms with Gasteiger partial charge in [0.25, 0.3) is 0 Å². The molecule has 0 amide bonds. The van der Waals surface area contributed by atoms with Gasteiger partial charge in [-0.25, -0.2) is 0 Å². The monoisotopic (exact) mass is 247 g/mol. The second-order valence-corrected chi connectivity index (χ2v) is 3.12. The maximum absolute atomic E-state index is 12.1. The van der Waals surface area contributed by atoms with Crippen molar-refractivity contribution in [2.45, 2.75) is 12.4 Å². The lowest BCUT2D eigenvalue weighted by atomic mass is 10.0. The number of hydrogen-bond donors (Lipinski definition) is 3. The van der Waals surface area contributed by atoms with Crippen LogP contribution in [0.3, 0.4) is 0 Å². The molecule has 0 fully saturated rings. The van der Waals surface area contributed by atoms with Gasteiger partial charge in [-0.15, -0.1) is 0 Å². The van der Waals surface area contributed by atoms with Crippen LogP contribution in [-0.4, -0.2) is 22.9 Å². The van der Waals surface area contributed by atoms with Crippen LogP contribution in [0.1, 0.15) is 23.6 Å². The lowest BCUT2D eigenvalue weighted by Crippen LogP contribution is -2.32. The van der Waals surface area contributed by atoms with Gasteiger partial charge in [0.15, 0.2) is 5.78 Å². The van der Waals surface area contributed by atoms with Crippen molar-refractivity contribution < 1.29 is 21.5 Å². The third-order valence-corrected chi connectivity index (χ3v) is 1.78. The Balaban J connectivity index is 3.49. The first-order valence-corrected chi connectivity index (χ1v) is 4.35. The number of aliphatic carboxylic acids is 1. The summed E-state index contributed by atoms with van der Waals surface area (Å²) in [7, 11) is 0. The third kappa shape index (κ3) is 2.95. The van der Waals surface area contributed by atoms with Gasteiger partial charge >= 0.3 is 5.97 Å². The molecular weight excluding hydrogens is 232 g/mol. The minimum absolute atomic E-state index is 0.446. The van der Waals surface area contributed by atoms with E-state index in [-0.39, 0.29) is 0 Å². The minimum Gasteiger partial charge on any atom is -0.480 e. The molecule has 6 heteroatoms.